The van der Waals surface area contributed by atoms with Gasteiger partial charge in [0.25, 0.3) is 5.91 Å². The molecule has 1 aliphatic rings. The summed E-state index contributed by atoms with van der Waals surface area (Å²) in [7, 11) is 1.62. The standard InChI is InChI=1S/C21H23N3O4/c1-28-15-8-6-14(7-9-15)12-13-22-19(25)11-10-18-21(27)23-17-5-3-2-4-16(17)20(26)24-18/h2-9,18H,10-13H2,1H3,(H,22,25)(H,23,27)(H,24,26)/t18-/m0/s1. The van der Waals surface area contributed by atoms with E-state index in [9.17, 15) is 14.4 Å². The molecule has 3 N–H and O–H groups in total. The molecule has 0 saturated carbocycles. The zero-order valence-electron chi connectivity index (χ0n) is 15.7. The molecule has 1 heterocycles. The van der Waals surface area contributed by atoms with Gasteiger partial charge in [-0.05, 0) is 42.7 Å². The van der Waals surface area contributed by atoms with Crippen molar-refractivity contribution in [2.24, 2.45) is 0 Å². The lowest BCUT2D eigenvalue weighted by Gasteiger charge is -2.14. The largest absolute Gasteiger partial charge is 0.497 e. The first-order valence-electron chi connectivity index (χ1n) is 9.17. The summed E-state index contributed by atoms with van der Waals surface area (Å²) in [6.07, 6.45) is 1.09. The number of para-hydroxylation sites is 1. The number of rotatable bonds is 7. The quantitative estimate of drug-likeness (QED) is 0.682. The van der Waals surface area contributed by atoms with Crippen molar-refractivity contribution in [3.63, 3.8) is 0 Å². The van der Waals surface area contributed by atoms with Gasteiger partial charge in [0.15, 0.2) is 0 Å². The number of hydrogen-bond donors (Lipinski definition) is 3. The molecule has 28 heavy (non-hydrogen) atoms. The maximum absolute atomic E-state index is 12.3. The average Bonchev–Trinajstić information content (AvgIpc) is 2.83. The van der Waals surface area contributed by atoms with E-state index in [-0.39, 0.29) is 30.6 Å². The Bertz CT molecular complexity index is 864. The van der Waals surface area contributed by atoms with Gasteiger partial charge in [-0.15, -0.1) is 0 Å². The Kier molecular flexibility index (Phi) is 6.26. The highest BCUT2D eigenvalue weighted by atomic mass is 16.5. The molecule has 0 aromatic heterocycles. The predicted molar refractivity (Wildman–Crippen MR) is 105 cm³/mol. The minimum Gasteiger partial charge on any atom is -0.497 e. The molecule has 0 fully saturated rings. The molecule has 0 bridgehead atoms. The van der Waals surface area contributed by atoms with E-state index in [0.29, 0.717) is 24.2 Å². The smallest absolute Gasteiger partial charge is 0.254 e. The van der Waals surface area contributed by atoms with Gasteiger partial charge in [0.1, 0.15) is 11.8 Å². The highest BCUT2D eigenvalue weighted by molar-refractivity contribution is 6.09. The first-order chi connectivity index (χ1) is 13.6. The summed E-state index contributed by atoms with van der Waals surface area (Å²) < 4.78 is 5.11. The molecule has 2 aromatic carbocycles. The van der Waals surface area contributed by atoms with Crippen molar-refractivity contribution in [2.45, 2.75) is 25.3 Å². The lowest BCUT2D eigenvalue weighted by atomic mass is 10.1. The number of hydrogen-bond acceptors (Lipinski definition) is 4. The van der Waals surface area contributed by atoms with Crippen LogP contribution < -0.4 is 20.7 Å². The average molecular weight is 381 g/mol. The molecule has 2 aromatic rings. The van der Waals surface area contributed by atoms with Gasteiger partial charge < -0.3 is 20.7 Å². The molecule has 3 rings (SSSR count). The molecule has 0 unspecified atom stereocenters. The maximum atomic E-state index is 12.3. The van der Waals surface area contributed by atoms with Gasteiger partial charge in [-0.25, -0.2) is 0 Å². The fourth-order valence-corrected chi connectivity index (χ4v) is 3.02. The SMILES string of the molecule is COc1ccc(CCNC(=O)CC[C@@H]2NC(=O)c3ccccc3NC2=O)cc1. The third-order valence-electron chi connectivity index (χ3n) is 4.61. The van der Waals surface area contributed by atoms with Crippen LogP contribution >= 0.6 is 0 Å². The minimum absolute atomic E-state index is 0.150. The molecule has 3 amide bonds. The number of benzene rings is 2. The number of carbonyl (C=O) groups is 3. The number of fused-ring (bicyclic) bond motifs is 1. The lowest BCUT2D eigenvalue weighted by molar-refractivity contribution is -0.121. The summed E-state index contributed by atoms with van der Waals surface area (Å²) in [6.45, 7) is 0.500. The van der Waals surface area contributed by atoms with Gasteiger partial charge in [-0.1, -0.05) is 24.3 Å². The molecule has 0 spiro atoms. The molecule has 7 heteroatoms. The van der Waals surface area contributed by atoms with Crippen LogP contribution in [-0.4, -0.2) is 37.4 Å². The highest BCUT2D eigenvalue weighted by Gasteiger charge is 2.27. The van der Waals surface area contributed by atoms with Crippen LogP contribution in [0.3, 0.4) is 0 Å². The number of anilines is 1. The molecule has 1 aliphatic heterocycles. The van der Waals surface area contributed by atoms with Crippen LogP contribution in [0.15, 0.2) is 48.5 Å². The Morgan fingerprint density at radius 3 is 2.61 bits per heavy atom. The number of methoxy groups -OCH3 is 1. The maximum Gasteiger partial charge on any atom is 0.254 e. The first kappa shape index (κ1) is 19.4. The third-order valence-corrected chi connectivity index (χ3v) is 4.61. The molecule has 0 saturated heterocycles. The van der Waals surface area contributed by atoms with Crippen LogP contribution in [0.2, 0.25) is 0 Å². The summed E-state index contributed by atoms with van der Waals surface area (Å²) in [4.78, 5) is 36.7. The van der Waals surface area contributed by atoms with Crippen LogP contribution in [0.4, 0.5) is 5.69 Å². The summed E-state index contributed by atoms with van der Waals surface area (Å²) in [5, 5.41) is 8.27. The lowest BCUT2D eigenvalue weighted by Crippen LogP contribution is -2.42. The van der Waals surface area contributed by atoms with Crippen LogP contribution in [0.25, 0.3) is 0 Å². The van der Waals surface area contributed by atoms with E-state index in [1.807, 2.05) is 24.3 Å². The van der Waals surface area contributed by atoms with Crippen LogP contribution in [0.5, 0.6) is 5.75 Å². The summed E-state index contributed by atoms with van der Waals surface area (Å²) in [5.41, 5.74) is 1.99. The van der Waals surface area contributed by atoms with Crippen molar-refractivity contribution in [3.8, 4) is 5.75 Å². The van der Waals surface area contributed by atoms with E-state index in [0.717, 1.165) is 11.3 Å². The van der Waals surface area contributed by atoms with E-state index >= 15 is 0 Å². The molecule has 146 valence electrons. The fraction of sp³-hybridized carbons (Fsp3) is 0.286. The van der Waals surface area contributed by atoms with Gasteiger partial charge in [-0.3, -0.25) is 14.4 Å². The number of carbonyl (C=O) groups excluding carboxylic acids is 3. The second-order valence-electron chi connectivity index (χ2n) is 6.55. The van der Waals surface area contributed by atoms with Gasteiger partial charge >= 0.3 is 0 Å². The van der Waals surface area contributed by atoms with Crippen molar-refractivity contribution < 1.29 is 19.1 Å². The Morgan fingerprint density at radius 1 is 1.11 bits per heavy atom. The number of nitrogens with one attached hydrogen (secondary N) is 3. The zero-order chi connectivity index (χ0) is 19.9. The van der Waals surface area contributed by atoms with E-state index in [1.54, 1.807) is 31.4 Å². The van der Waals surface area contributed by atoms with Crippen molar-refractivity contribution in [1.29, 1.82) is 0 Å². The zero-order valence-corrected chi connectivity index (χ0v) is 15.7. The summed E-state index contributed by atoms with van der Waals surface area (Å²) >= 11 is 0. The van der Waals surface area contributed by atoms with Crippen molar-refractivity contribution in [3.05, 3.63) is 59.7 Å². The van der Waals surface area contributed by atoms with Gasteiger partial charge in [0.05, 0.1) is 18.4 Å². The van der Waals surface area contributed by atoms with Crippen molar-refractivity contribution in [1.82, 2.24) is 10.6 Å². The second-order valence-corrected chi connectivity index (χ2v) is 6.55. The minimum atomic E-state index is -0.743. The van der Waals surface area contributed by atoms with Gasteiger partial charge in [-0.2, -0.15) is 0 Å². The fourth-order valence-electron chi connectivity index (χ4n) is 3.02. The highest BCUT2D eigenvalue weighted by Crippen LogP contribution is 2.19. The Labute approximate surface area is 163 Å². The normalized spacial score (nSPS) is 15.7. The van der Waals surface area contributed by atoms with E-state index < -0.39 is 6.04 Å². The number of amides is 3. The number of ether oxygens (including phenoxy) is 1. The van der Waals surface area contributed by atoms with Crippen LogP contribution in [0.1, 0.15) is 28.8 Å². The van der Waals surface area contributed by atoms with Crippen molar-refractivity contribution >= 4 is 23.4 Å². The Balaban J connectivity index is 1.45. The summed E-state index contributed by atoms with van der Waals surface area (Å²) in [6, 6.07) is 13.7. The molecule has 0 radical (unpaired) electrons. The molecular weight excluding hydrogens is 358 g/mol. The van der Waals surface area contributed by atoms with E-state index in [2.05, 4.69) is 16.0 Å². The Morgan fingerprint density at radius 2 is 1.86 bits per heavy atom. The van der Waals surface area contributed by atoms with Crippen LogP contribution in [0, 0.1) is 0 Å². The Hall–Kier alpha value is -3.35. The topological polar surface area (TPSA) is 96.5 Å². The monoisotopic (exact) mass is 381 g/mol. The first-order valence-corrected chi connectivity index (χ1v) is 9.17. The van der Waals surface area contributed by atoms with Crippen molar-refractivity contribution in [2.75, 3.05) is 19.0 Å². The van der Waals surface area contributed by atoms with Gasteiger partial charge in [0, 0.05) is 13.0 Å². The molecule has 0 aliphatic carbocycles. The summed E-state index contributed by atoms with van der Waals surface area (Å²) in [5.74, 6) is -0.000760. The molecule has 7 nitrogen and oxygen atoms in total. The van der Waals surface area contributed by atoms with Gasteiger partial charge in [0.2, 0.25) is 11.8 Å². The molecule has 1 atom stereocenters. The molecular formula is C21H23N3O4. The van der Waals surface area contributed by atoms with E-state index in [4.69, 9.17) is 4.74 Å². The second kappa shape index (κ2) is 9.03. The van der Waals surface area contributed by atoms with E-state index in [1.165, 1.54) is 0 Å². The predicted octanol–water partition coefficient (Wildman–Crippen LogP) is 1.88. The van der Waals surface area contributed by atoms with Crippen LogP contribution in [-0.2, 0) is 16.0 Å². The third kappa shape index (κ3) is 4.88.